The lowest BCUT2D eigenvalue weighted by Gasteiger charge is -2.37. The number of ether oxygens (including phenoxy) is 6. The van der Waals surface area contributed by atoms with Crippen LogP contribution in [0, 0.1) is 27.7 Å². The predicted octanol–water partition coefficient (Wildman–Crippen LogP) is 8.31. The molecule has 14 nitrogen and oxygen atoms in total. The Kier molecular flexibility index (Phi) is 16.5. The van der Waals surface area contributed by atoms with Crippen molar-refractivity contribution in [2.75, 3.05) is 52.6 Å². The van der Waals surface area contributed by atoms with Gasteiger partial charge in [-0.25, -0.2) is 9.78 Å². The number of carbonyl (C=O) groups is 3. The zero-order valence-corrected chi connectivity index (χ0v) is 39.4. The molecular formula is C52H63N5O9. The second-order valence-electron chi connectivity index (χ2n) is 16.9. The monoisotopic (exact) mass is 901 g/mol. The van der Waals surface area contributed by atoms with Gasteiger partial charge in [0.1, 0.15) is 30.3 Å². The highest BCUT2D eigenvalue weighted by molar-refractivity contribution is 5.89. The molecule has 0 saturated carbocycles. The van der Waals surface area contributed by atoms with Crippen LogP contribution in [0.15, 0.2) is 72.9 Å². The van der Waals surface area contributed by atoms with Crippen LogP contribution in [0.25, 0.3) is 0 Å². The summed E-state index contributed by atoms with van der Waals surface area (Å²) in [7, 11) is 4.70. The topological polar surface area (TPSA) is 188 Å². The summed E-state index contributed by atoms with van der Waals surface area (Å²) in [6.07, 6.45) is 5.09. The van der Waals surface area contributed by atoms with E-state index >= 15 is 0 Å². The van der Waals surface area contributed by atoms with E-state index in [1.165, 1.54) is 18.2 Å². The maximum Gasteiger partial charge on any atom is 0.329 e. The number of Topliss-reactive ketones (excluding diaryl/α,β-unsaturated/α-hetero) is 1. The number of amides is 1. The molecule has 1 aliphatic rings. The molecule has 1 fully saturated rings. The summed E-state index contributed by atoms with van der Waals surface area (Å²) >= 11 is 0. The molecule has 1 saturated heterocycles. The van der Waals surface area contributed by atoms with Crippen LogP contribution in [0.1, 0.15) is 101 Å². The number of aromatic nitrogens is 2. The number of nitrogen functional groups attached to an aromatic ring is 2. The fraction of sp³-hybridized carbons (Fsp3) is 0.404. The van der Waals surface area contributed by atoms with Gasteiger partial charge in [0.05, 0.1) is 27.2 Å². The second-order valence-corrected chi connectivity index (χ2v) is 16.9. The minimum atomic E-state index is -0.752. The maximum absolute atomic E-state index is 14.5. The minimum absolute atomic E-state index is 0.102. The Morgan fingerprint density at radius 1 is 0.773 bits per heavy atom. The smallest absolute Gasteiger partial charge is 0.329 e. The third-order valence-corrected chi connectivity index (χ3v) is 12.2. The van der Waals surface area contributed by atoms with E-state index in [4.69, 9.17) is 39.9 Å². The number of carbonyl (C=O) groups excluding carboxylic acids is 3. The van der Waals surface area contributed by atoms with Crippen molar-refractivity contribution in [1.82, 2.24) is 14.9 Å². The number of hydrogen-bond acceptors (Lipinski definition) is 13. The summed E-state index contributed by atoms with van der Waals surface area (Å²) in [5.41, 5.74) is 20.0. The van der Waals surface area contributed by atoms with Crippen LogP contribution in [0.4, 0.5) is 11.8 Å². The first-order chi connectivity index (χ1) is 31.7. The fourth-order valence-corrected chi connectivity index (χ4v) is 8.55. The summed E-state index contributed by atoms with van der Waals surface area (Å²) < 4.78 is 35.3. The SMILES string of the molecule is CCC(C(=O)N1CCCCC1C(=O)O[C@H](CCc1ccc(C)c(C)c1)c1cccc(OCC(=O)COc2c(C)cc(Cc3cnc(N)nc3N)cc2OC)c1)c1cc(C)c(OC)c(OC)c1. The van der Waals surface area contributed by atoms with Gasteiger partial charge in [0, 0.05) is 24.7 Å². The molecule has 0 aliphatic carbocycles. The minimum Gasteiger partial charge on any atom is -0.493 e. The number of nitrogens with zero attached hydrogens (tertiary/aromatic N) is 3. The van der Waals surface area contributed by atoms with E-state index in [0.717, 1.165) is 40.7 Å². The van der Waals surface area contributed by atoms with Crippen LogP contribution in [0.3, 0.4) is 0 Å². The van der Waals surface area contributed by atoms with Crippen molar-refractivity contribution in [3.63, 3.8) is 0 Å². The predicted molar refractivity (Wildman–Crippen MR) is 254 cm³/mol. The zero-order chi connectivity index (χ0) is 47.5. The summed E-state index contributed by atoms with van der Waals surface area (Å²) in [5, 5.41) is 0. The number of esters is 1. The van der Waals surface area contributed by atoms with Gasteiger partial charge < -0.3 is 44.8 Å². The van der Waals surface area contributed by atoms with Gasteiger partial charge in [-0.15, -0.1) is 0 Å². The molecule has 1 amide bonds. The summed E-state index contributed by atoms with van der Waals surface area (Å²) in [4.78, 5) is 51.9. The van der Waals surface area contributed by atoms with Crippen molar-refractivity contribution in [1.29, 1.82) is 0 Å². The molecule has 5 aromatic rings. The number of rotatable bonds is 20. The van der Waals surface area contributed by atoms with E-state index in [1.807, 2.05) is 57.2 Å². The molecule has 4 N–H and O–H groups in total. The van der Waals surface area contributed by atoms with E-state index < -0.39 is 24.0 Å². The van der Waals surface area contributed by atoms with Crippen LogP contribution >= 0.6 is 0 Å². The number of ketones is 1. The van der Waals surface area contributed by atoms with E-state index in [-0.39, 0.29) is 30.9 Å². The lowest BCUT2D eigenvalue weighted by Crippen LogP contribution is -2.50. The molecule has 14 heteroatoms. The number of likely N-dealkylation sites (tertiary alicyclic amines) is 1. The van der Waals surface area contributed by atoms with Crippen LogP contribution in [0.2, 0.25) is 0 Å². The van der Waals surface area contributed by atoms with Gasteiger partial charge in [0.25, 0.3) is 0 Å². The maximum atomic E-state index is 14.5. The van der Waals surface area contributed by atoms with Crippen LogP contribution in [-0.2, 0) is 32.0 Å². The Morgan fingerprint density at radius 2 is 1.50 bits per heavy atom. The van der Waals surface area contributed by atoms with Crippen molar-refractivity contribution in [2.45, 2.75) is 97.6 Å². The number of methoxy groups -OCH3 is 3. The highest BCUT2D eigenvalue weighted by Gasteiger charge is 2.38. The van der Waals surface area contributed by atoms with Gasteiger partial charge in [-0.1, -0.05) is 49.4 Å². The largest absolute Gasteiger partial charge is 0.493 e. The average molecular weight is 902 g/mol. The van der Waals surface area contributed by atoms with Gasteiger partial charge >= 0.3 is 5.97 Å². The van der Waals surface area contributed by atoms with Gasteiger partial charge in [0.2, 0.25) is 17.6 Å². The van der Waals surface area contributed by atoms with Crippen molar-refractivity contribution >= 4 is 29.4 Å². The number of piperidine rings is 1. The number of aryl methyl sites for hydroxylation is 5. The molecular weight excluding hydrogens is 839 g/mol. The molecule has 6 rings (SSSR count). The first kappa shape index (κ1) is 48.6. The lowest BCUT2D eigenvalue weighted by molar-refractivity contribution is -0.162. The van der Waals surface area contributed by atoms with Crippen LogP contribution < -0.4 is 35.2 Å². The third kappa shape index (κ3) is 11.9. The number of hydrogen-bond donors (Lipinski definition) is 2. The molecule has 4 aromatic carbocycles. The third-order valence-electron chi connectivity index (χ3n) is 12.2. The molecule has 3 atom stereocenters. The van der Waals surface area contributed by atoms with Crippen molar-refractivity contribution in [3.05, 3.63) is 123 Å². The molecule has 1 aromatic heterocycles. The molecule has 2 unspecified atom stereocenters. The van der Waals surface area contributed by atoms with Crippen molar-refractivity contribution in [3.8, 4) is 28.7 Å². The fourth-order valence-electron chi connectivity index (χ4n) is 8.55. The molecule has 0 spiro atoms. The van der Waals surface area contributed by atoms with E-state index in [2.05, 4.69) is 42.0 Å². The first-order valence-electron chi connectivity index (χ1n) is 22.4. The second kappa shape index (κ2) is 22.4. The standard InChI is InChI=1S/C52H63N5O9/c1-9-42(38-23-34(5)47(63-8)46(27-38)62-7)50(59)57-20-11-10-15-43(57)51(60)66-44(19-18-35-17-16-31(2)32(3)21-35)37-13-12-14-41(26-37)64-29-40(58)30-65-48-33(4)22-36(25-45(48)61-6)24-39-28-55-52(54)56-49(39)53/h12-14,16-17,21-23,25-28,42-44H,9-11,15,18-20,24,29-30H2,1-8H3,(H4,53,54,55,56)/t42?,43?,44-/m1/s1. The highest BCUT2D eigenvalue weighted by atomic mass is 16.5. The molecule has 350 valence electrons. The molecule has 0 radical (unpaired) electrons. The zero-order valence-electron chi connectivity index (χ0n) is 39.4. The van der Waals surface area contributed by atoms with E-state index in [9.17, 15) is 14.4 Å². The van der Waals surface area contributed by atoms with Crippen LogP contribution in [0.5, 0.6) is 28.7 Å². The number of anilines is 2. The first-order valence-corrected chi connectivity index (χ1v) is 22.4. The molecule has 66 heavy (non-hydrogen) atoms. The summed E-state index contributed by atoms with van der Waals surface area (Å²) in [6, 6.07) is 20.4. The van der Waals surface area contributed by atoms with Gasteiger partial charge in [-0.05, 0) is 135 Å². The van der Waals surface area contributed by atoms with E-state index in [1.54, 1.807) is 37.4 Å². The quantitative estimate of drug-likeness (QED) is 0.0711. The molecule has 2 heterocycles. The summed E-state index contributed by atoms with van der Waals surface area (Å²) in [6.45, 7) is 9.85. The van der Waals surface area contributed by atoms with Gasteiger partial charge in [0.15, 0.2) is 29.6 Å². The van der Waals surface area contributed by atoms with E-state index in [0.29, 0.717) is 84.3 Å². The number of nitrogens with two attached hydrogens (primary N) is 2. The van der Waals surface area contributed by atoms with Crippen molar-refractivity contribution in [2.24, 2.45) is 0 Å². The Labute approximate surface area is 387 Å². The van der Waals surface area contributed by atoms with Crippen molar-refractivity contribution < 1.29 is 42.8 Å². The Hall–Kier alpha value is -6.83. The average Bonchev–Trinajstić information content (AvgIpc) is 3.31. The summed E-state index contributed by atoms with van der Waals surface area (Å²) in [5.74, 6) is 1.54. The highest BCUT2D eigenvalue weighted by Crippen LogP contribution is 2.38. The normalized spacial score (nSPS) is 14.5. The Balaban J connectivity index is 1.16. The molecule has 0 bridgehead atoms. The Morgan fingerprint density at radius 3 is 2.21 bits per heavy atom. The molecule has 1 aliphatic heterocycles. The lowest BCUT2D eigenvalue weighted by atomic mass is 9.91. The van der Waals surface area contributed by atoms with Gasteiger partial charge in [-0.3, -0.25) is 9.59 Å². The Bertz CT molecular complexity index is 2530. The van der Waals surface area contributed by atoms with Crippen LogP contribution in [-0.4, -0.2) is 79.7 Å². The number of benzene rings is 4. The van der Waals surface area contributed by atoms with Gasteiger partial charge in [-0.2, -0.15) is 4.98 Å².